The predicted octanol–water partition coefficient (Wildman–Crippen LogP) is 2.37. The lowest BCUT2D eigenvalue weighted by Crippen LogP contribution is -2.19. The minimum absolute atomic E-state index is 0.0268. The van der Waals surface area contributed by atoms with Crippen LogP contribution in [0.15, 0.2) is 18.2 Å². The Bertz CT molecular complexity index is 410. The zero-order chi connectivity index (χ0) is 14.1. The molecule has 4 N–H and O–H groups in total. The summed E-state index contributed by atoms with van der Waals surface area (Å²) < 4.78 is 0. The summed E-state index contributed by atoms with van der Waals surface area (Å²) >= 11 is 0. The van der Waals surface area contributed by atoms with E-state index in [9.17, 15) is 10.1 Å². The molecule has 1 aromatic carbocycles. The van der Waals surface area contributed by atoms with E-state index in [0.29, 0.717) is 17.9 Å². The van der Waals surface area contributed by atoms with E-state index in [2.05, 4.69) is 17.6 Å². The standard InChI is InChI=1S/C13H22N4O2/c1-2-3-7-15-8-4-9-16-12-6-5-11(14)10-13(12)17(18)19/h5-6,10,15-16H,2-4,7-9,14H2,1H3. The topological polar surface area (TPSA) is 93.2 Å². The quantitative estimate of drug-likeness (QED) is 0.276. The van der Waals surface area contributed by atoms with Crippen LogP contribution in [-0.4, -0.2) is 24.6 Å². The molecular weight excluding hydrogens is 244 g/mol. The fraction of sp³-hybridized carbons (Fsp3) is 0.538. The molecule has 0 heterocycles. The van der Waals surface area contributed by atoms with Crippen molar-refractivity contribution >= 4 is 17.1 Å². The first-order chi connectivity index (χ1) is 9.15. The number of nitro groups is 1. The molecule has 106 valence electrons. The highest BCUT2D eigenvalue weighted by Gasteiger charge is 2.13. The molecule has 0 saturated carbocycles. The van der Waals surface area contributed by atoms with Crippen LogP contribution in [0, 0.1) is 10.1 Å². The predicted molar refractivity (Wildman–Crippen MR) is 78.4 cm³/mol. The van der Waals surface area contributed by atoms with Crippen molar-refractivity contribution in [2.75, 3.05) is 30.7 Å². The van der Waals surface area contributed by atoms with Crippen LogP contribution in [0.4, 0.5) is 17.1 Å². The Labute approximate surface area is 113 Å². The first kappa shape index (κ1) is 15.2. The molecule has 1 aromatic rings. The second-order valence-corrected chi connectivity index (χ2v) is 4.42. The number of hydrogen-bond acceptors (Lipinski definition) is 5. The third-order valence-corrected chi connectivity index (χ3v) is 2.77. The third-order valence-electron chi connectivity index (χ3n) is 2.77. The van der Waals surface area contributed by atoms with E-state index in [4.69, 9.17) is 5.73 Å². The van der Waals surface area contributed by atoms with Gasteiger partial charge in [-0.05, 0) is 38.1 Å². The van der Waals surface area contributed by atoms with E-state index in [1.165, 1.54) is 18.9 Å². The van der Waals surface area contributed by atoms with Crippen LogP contribution in [0.25, 0.3) is 0 Å². The highest BCUT2D eigenvalue weighted by atomic mass is 16.6. The molecule has 0 unspecified atom stereocenters. The summed E-state index contributed by atoms with van der Waals surface area (Å²) in [6, 6.07) is 4.69. The molecule has 0 aliphatic heterocycles. The Morgan fingerprint density at radius 2 is 2.00 bits per heavy atom. The van der Waals surface area contributed by atoms with Crippen molar-refractivity contribution in [2.24, 2.45) is 0 Å². The molecule has 0 aliphatic rings. The smallest absolute Gasteiger partial charge is 0.294 e. The number of nitrogens with zero attached hydrogens (tertiary/aromatic N) is 1. The average molecular weight is 266 g/mol. The number of hydrogen-bond donors (Lipinski definition) is 3. The molecule has 0 amide bonds. The van der Waals surface area contributed by atoms with Crippen molar-refractivity contribution in [1.82, 2.24) is 5.32 Å². The molecule has 6 nitrogen and oxygen atoms in total. The number of anilines is 2. The molecule has 0 spiro atoms. The van der Waals surface area contributed by atoms with Crippen molar-refractivity contribution in [1.29, 1.82) is 0 Å². The van der Waals surface area contributed by atoms with E-state index >= 15 is 0 Å². The fourth-order valence-corrected chi connectivity index (χ4v) is 1.71. The SMILES string of the molecule is CCCCNCCCNc1ccc(N)cc1[N+](=O)[O-]. The van der Waals surface area contributed by atoms with Gasteiger partial charge < -0.3 is 16.4 Å². The number of nitrogens with two attached hydrogens (primary N) is 1. The highest BCUT2D eigenvalue weighted by Crippen LogP contribution is 2.26. The van der Waals surface area contributed by atoms with Gasteiger partial charge in [0.15, 0.2) is 0 Å². The minimum atomic E-state index is -0.418. The molecule has 0 saturated heterocycles. The largest absolute Gasteiger partial charge is 0.399 e. The van der Waals surface area contributed by atoms with Crippen LogP contribution in [0.5, 0.6) is 0 Å². The summed E-state index contributed by atoms with van der Waals surface area (Å²) in [7, 11) is 0. The van der Waals surface area contributed by atoms with Crippen LogP contribution in [0.2, 0.25) is 0 Å². The molecule has 0 radical (unpaired) electrons. The summed E-state index contributed by atoms with van der Waals surface area (Å²) in [6.45, 7) is 4.79. The van der Waals surface area contributed by atoms with Gasteiger partial charge in [0, 0.05) is 18.3 Å². The van der Waals surface area contributed by atoms with Crippen molar-refractivity contribution in [3.63, 3.8) is 0 Å². The lowest BCUT2D eigenvalue weighted by Gasteiger charge is -2.08. The molecule has 0 aliphatic carbocycles. The van der Waals surface area contributed by atoms with Gasteiger partial charge in [-0.25, -0.2) is 0 Å². The number of nitrogen functional groups attached to an aromatic ring is 1. The molecule has 0 atom stereocenters. The monoisotopic (exact) mass is 266 g/mol. The van der Waals surface area contributed by atoms with Gasteiger partial charge in [-0.15, -0.1) is 0 Å². The van der Waals surface area contributed by atoms with Crippen LogP contribution in [-0.2, 0) is 0 Å². The van der Waals surface area contributed by atoms with E-state index in [-0.39, 0.29) is 5.69 Å². The number of unbranched alkanes of at least 4 members (excludes halogenated alkanes) is 1. The Balaban J connectivity index is 2.35. The van der Waals surface area contributed by atoms with Crippen molar-refractivity contribution in [3.05, 3.63) is 28.3 Å². The van der Waals surface area contributed by atoms with Gasteiger partial charge in [-0.2, -0.15) is 0 Å². The van der Waals surface area contributed by atoms with Crippen LogP contribution >= 0.6 is 0 Å². The first-order valence-electron chi connectivity index (χ1n) is 6.63. The van der Waals surface area contributed by atoms with Gasteiger partial charge in [0.2, 0.25) is 0 Å². The third kappa shape index (κ3) is 5.56. The summed E-state index contributed by atoms with van der Waals surface area (Å²) in [5, 5.41) is 17.3. The number of benzene rings is 1. The first-order valence-corrected chi connectivity index (χ1v) is 6.63. The Morgan fingerprint density at radius 1 is 1.26 bits per heavy atom. The summed E-state index contributed by atoms with van der Waals surface area (Å²) in [6.07, 6.45) is 3.28. The lowest BCUT2D eigenvalue weighted by molar-refractivity contribution is -0.383. The molecule has 0 bridgehead atoms. The van der Waals surface area contributed by atoms with Gasteiger partial charge in [-0.3, -0.25) is 10.1 Å². The van der Waals surface area contributed by atoms with Crippen molar-refractivity contribution < 1.29 is 4.92 Å². The molecule has 0 aromatic heterocycles. The van der Waals surface area contributed by atoms with Crippen LogP contribution in [0.3, 0.4) is 0 Å². The second kappa shape index (κ2) is 8.31. The minimum Gasteiger partial charge on any atom is -0.399 e. The van der Waals surface area contributed by atoms with E-state index in [1.54, 1.807) is 12.1 Å². The maximum atomic E-state index is 10.9. The maximum absolute atomic E-state index is 10.9. The van der Waals surface area contributed by atoms with Gasteiger partial charge >= 0.3 is 0 Å². The number of nitrogens with one attached hydrogen (secondary N) is 2. The van der Waals surface area contributed by atoms with Crippen LogP contribution in [0.1, 0.15) is 26.2 Å². The second-order valence-electron chi connectivity index (χ2n) is 4.42. The van der Waals surface area contributed by atoms with Gasteiger partial charge in [0.25, 0.3) is 5.69 Å². The zero-order valence-corrected chi connectivity index (χ0v) is 11.3. The summed E-state index contributed by atoms with van der Waals surface area (Å²) in [5.74, 6) is 0. The van der Waals surface area contributed by atoms with Crippen molar-refractivity contribution in [2.45, 2.75) is 26.2 Å². The van der Waals surface area contributed by atoms with Crippen LogP contribution < -0.4 is 16.4 Å². The fourth-order valence-electron chi connectivity index (χ4n) is 1.71. The van der Waals surface area contributed by atoms with E-state index in [0.717, 1.165) is 19.5 Å². The zero-order valence-electron chi connectivity index (χ0n) is 11.3. The number of nitro benzene ring substituents is 1. The molecule has 19 heavy (non-hydrogen) atoms. The summed E-state index contributed by atoms with van der Waals surface area (Å²) in [4.78, 5) is 10.5. The van der Waals surface area contributed by atoms with Gasteiger partial charge in [-0.1, -0.05) is 13.3 Å². The molecule has 6 heteroatoms. The normalized spacial score (nSPS) is 10.4. The highest BCUT2D eigenvalue weighted by molar-refractivity contribution is 5.66. The number of rotatable bonds is 9. The van der Waals surface area contributed by atoms with E-state index < -0.39 is 4.92 Å². The molecule has 1 rings (SSSR count). The maximum Gasteiger partial charge on any atom is 0.294 e. The van der Waals surface area contributed by atoms with Gasteiger partial charge in [0.1, 0.15) is 5.69 Å². The van der Waals surface area contributed by atoms with Gasteiger partial charge in [0.05, 0.1) is 4.92 Å². The average Bonchev–Trinajstić information content (AvgIpc) is 2.39. The van der Waals surface area contributed by atoms with Crippen molar-refractivity contribution in [3.8, 4) is 0 Å². The lowest BCUT2D eigenvalue weighted by atomic mass is 10.2. The Kier molecular flexibility index (Phi) is 6.67. The van der Waals surface area contributed by atoms with E-state index in [1.807, 2.05) is 0 Å². The Hall–Kier alpha value is -1.82. The molecular formula is C13H22N4O2. The summed E-state index contributed by atoms with van der Waals surface area (Å²) in [5.41, 5.74) is 6.50. The molecule has 0 fully saturated rings. The Morgan fingerprint density at radius 3 is 2.68 bits per heavy atom.